The van der Waals surface area contributed by atoms with Gasteiger partial charge in [-0.25, -0.2) is 0 Å². The first-order valence-electron chi connectivity index (χ1n) is 34.1. The highest BCUT2D eigenvalue weighted by atomic mass is 16.7. The SMILES string of the molecule is CC/C=C\C/C=C\C/C=C\C/C=C\C/C=C\C/C=C\CCCCCCCCCCC(=O)NC(COC1OC(CO)C(O)C(O)C1O)C(O)/C=C/CC/C=C/CC/C=C/CCCCCCCCCCCCCCCCCCCCCCCC. The van der Waals surface area contributed by atoms with Crippen molar-refractivity contribution in [3.05, 3.63) is 109 Å². The van der Waals surface area contributed by atoms with Gasteiger partial charge in [-0.1, -0.05) is 297 Å². The van der Waals surface area contributed by atoms with Gasteiger partial charge in [0.25, 0.3) is 0 Å². The Kier molecular flexibility index (Phi) is 57.1. The molecule has 0 aromatic heterocycles. The van der Waals surface area contributed by atoms with Gasteiger partial charge < -0.3 is 40.3 Å². The lowest BCUT2D eigenvalue weighted by molar-refractivity contribution is -0.302. The maximum atomic E-state index is 13.1. The van der Waals surface area contributed by atoms with Crippen LogP contribution >= 0.6 is 0 Å². The fraction of sp³-hybridized carbons (Fsp3) is 0.740. The van der Waals surface area contributed by atoms with Crippen LogP contribution in [0.4, 0.5) is 0 Å². The predicted molar refractivity (Wildman–Crippen MR) is 350 cm³/mol. The normalized spacial score (nSPS) is 19.0. The molecular formula is C73H127NO8. The first kappa shape index (κ1) is 76.9. The third kappa shape index (κ3) is 49.1. The molecule has 0 aromatic carbocycles. The van der Waals surface area contributed by atoms with Gasteiger partial charge in [0.15, 0.2) is 6.29 Å². The average Bonchev–Trinajstić information content (AvgIpc) is 3.53. The van der Waals surface area contributed by atoms with Gasteiger partial charge in [-0.2, -0.15) is 0 Å². The van der Waals surface area contributed by atoms with E-state index >= 15 is 0 Å². The molecule has 1 aliphatic rings. The smallest absolute Gasteiger partial charge is 0.220 e. The molecule has 472 valence electrons. The Morgan fingerprint density at radius 1 is 0.427 bits per heavy atom. The minimum Gasteiger partial charge on any atom is -0.394 e. The van der Waals surface area contributed by atoms with Crippen LogP contribution in [-0.4, -0.2) is 87.5 Å². The number of nitrogens with one attached hydrogen (secondary N) is 1. The molecular weight excluding hydrogens is 1020 g/mol. The Balaban J connectivity index is 2.20. The first-order valence-corrected chi connectivity index (χ1v) is 34.1. The van der Waals surface area contributed by atoms with Crippen molar-refractivity contribution in [2.75, 3.05) is 13.2 Å². The van der Waals surface area contributed by atoms with Gasteiger partial charge >= 0.3 is 0 Å². The average molecular weight is 1150 g/mol. The molecule has 0 radical (unpaired) electrons. The van der Waals surface area contributed by atoms with E-state index in [1.54, 1.807) is 6.08 Å². The molecule has 1 aliphatic heterocycles. The first-order chi connectivity index (χ1) is 40.3. The number of carbonyl (C=O) groups is 1. The van der Waals surface area contributed by atoms with Gasteiger partial charge in [-0.05, 0) is 96.3 Å². The van der Waals surface area contributed by atoms with Crippen LogP contribution in [0.3, 0.4) is 0 Å². The summed E-state index contributed by atoms with van der Waals surface area (Å²) in [6.45, 7) is 3.66. The number of aliphatic hydroxyl groups is 5. The number of amides is 1. The minimum absolute atomic E-state index is 0.202. The third-order valence-corrected chi connectivity index (χ3v) is 15.6. The summed E-state index contributed by atoms with van der Waals surface area (Å²) in [4.78, 5) is 13.1. The highest BCUT2D eigenvalue weighted by Crippen LogP contribution is 2.23. The van der Waals surface area contributed by atoms with E-state index in [0.717, 1.165) is 96.3 Å². The van der Waals surface area contributed by atoms with Crippen LogP contribution in [0.5, 0.6) is 0 Å². The Bertz CT molecular complexity index is 1660. The van der Waals surface area contributed by atoms with Gasteiger partial charge in [0.1, 0.15) is 24.4 Å². The van der Waals surface area contributed by atoms with Crippen molar-refractivity contribution in [1.82, 2.24) is 5.32 Å². The van der Waals surface area contributed by atoms with Crippen molar-refractivity contribution < 1.29 is 39.8 Å². The van der Waals surface area contributed by atoms with E-state index in [1.165, 1.54) is 173 Å². The maximum absolute atomic E-state index is 13.1. The van der Waals surface area contributed by atoms with E-state index in [4.69, 9.17) is 9.47 Å². The summed E-state index contributed by atoms with van der Waals surface area (Å²) < 4.78 is 11.3. The Labute approximate surface area is 504 Å². The second kappa shape index (κ2) is 61.0. The highest BCUT2D eigenvalue weighted by Gasteiger charge is 2.44. The van der Waals surface area contributed by atoms with E-state index in [1.807, 2.05) is 6.08 Å². The van der Waals surface area contributed by atoms with E-state index in [0.29, 0.717) is 6.42 Å². The molecule has 0 saturated carbocycles. The highest BCUT2D eigenvalue weighted by molar-refractivity contribution is 5.76. The summed E-state index contributed by atoms with van der Waals surface area (Å²) in [5, 5.41) is 54.7. The minimum atomic E-state index is -1.58. The predicted octanol–water partition coefficient (Wildman–Crippen LogP) is 18.5. The number of unbranched alkanes of at least 4 members (excludes halogenated alkanes) is 32. The van der Waals surface area contributed by atoms with Crippen molar-refractivity contribution in [3.63, 3.8) is 0 Å². The van der Waals surface area contributed by atoms with Crippen LogP contribution in [0.25, 0.3) is 0 Å². The number of aliphatic hydroxyl groups excluding tert-OH is 5. The Morgan fingerprint density at radius 2 is 0.768 bits per heavy atom. The molecule has 82 heavy (non-hydrogen) atoms. The monoisotopic (exact) mass is 1150 g/mol. The molecule has 0 aromatic rings. The molecule has 1 amide bonds. The lowest BCUT2D eigenvalue weighted by Crippen LogP contribution is -2.60. The fourth-order valence-corrected chi connectivity index (χ4v) is 10.3. The number of hydrogen-bond donors (Lipinski definition) is 6. The zero-order valence-electron chi connectivity index (χ0n) is 52.7. The summed E-state index contributed by atoms with van der Waals surface area (Å²) in [6.07, 6.45) is 83.3. The summed E-state index contributed by atoms with van der Waals surface area (Å²) in [5.74, 6) is -0.202. The maximum Gasteiger partial charge on any atom is 0.220 e. The number of hydrogen-bond acceptors (Lipinski definition) is 8. The van der Waals surface area contributed by atoms with Crippen LogP contribution in [0.1, 0.15) is 290 Å². The lowest BCUT2D eigenvalue weighted by Gasteiger charge is -2.40. The van der Waals surface area contributed by atoms with Crippen LogP contribution in [-0.2, 0) is 14.3 Å². The number of rotatable bonds is 58. The van der Waals surface area contributed by atoms with Crippen LogP contribution in [0.2, 0.25) is 0 Å². The summed E-state index contributed by atoms with van der Waals surface area (Å²) in [7, 11) is 0. The zero-order valence-corrected chi connectivity index (χ0v) is 52.7. The van der Waals surface area contributed by atoms with Crippen molar-refractivity contribution in [1.29, 1.82) is 0 Å². The third-order valence-electron chi connectivity index (χ3n) is 15.6. The van der Waals surface area contributed by atoms with E-state index in [9.17, 15) is 30.3 Å². The van der Waals surface area contributed by atoms with Crippen LogP contribution in [0, 0.1) is 0 Å². The second-order valence-electron chi connectivity index (χ2n) is 23.2. The molecule has 0 aliphatic carbocycles. The summed E-state index contributed by atoms with van der Waals surface area (Å²) in [5.41, 5.74) is 0. The molecule has 1 heterocycles. The molecule has 1 rings (SSSR count). The molecule has 6 N–H and O–H groups in total. The molecule has 7 unspecified atom stereocenters. The van der Waals surface area contributed by atoms with E-state index in [2.05, 4.69) is 116 Å². The molecule has 1 saturated heterocycles. The van der Waals surface area contributed by atoms with Crippen molar-refractivity contribution >= 4 is 5.91 Å². The van der Waals surface area contributed by atoms with Crippen LogP contribution in [0.15, 0.2) is 109 Å². The van der Waals surface area contributed by atoms with E-state index in [-0.39, 0.29) is 12.5 Å². The van der Waals surface area contributed by atoms with Gasteiger partial charge in [0.05, 0.1) is 25.4 Å². The lowest BCUT2D eigenvalue weighted by atomic mass is 9.99. The second-order valence-corrected chi connectivity index (χ2v) is 23.2. The summed E-state index contributed by atoms with van der Waals surface area (Å²) in [6, 6.07) is -0.843. The number of carbonyl (C=O) groups excluding carboxylic acids is 1. The molecule has 9 heteroatoms. The van der Waals surface area contributed by atoms with Crippen molar-refractivity contribution in [3.8, 4) is 0 Å². The zero-order chi connectivity index (χ0) is 59.3. The topological polar surface area (TPSA) is 149 Å². The number of ether oxygens (including phenoxy) is 2. The number of allylic oxidation sites excluding steroid dienone is 17. The Hall–Kier alpha value is -3.15. The fourth-order valence-electron chi connectivity index (χ4n) is 10.3. The quantitative estimate of drug-likeness (QED) is 0.0261. The van der Waals surface area contributed by atoms with Gasteiger partial charge in [-0.3, -0.25) is 4.79 Å². The standard InChI is InChI=1S/C73H127NO8/c1-3-5-7-9-11-13-15-17-19-21-23-25-27-29-31-32-33-34-35-37-38-40-42-44-46-48-50-52-54-56-58-60-62-67(76)66(65-81-73-72(80)71(79)70(78)68(64-75)82-73)74-69(77)63-61-59-57-55-53-51-49-47-45-43-41-39-36-30-28-26-24-22-20-18-16-14-12-10-8-6-4-2/h6,8,12,14,18,20,24,26,30,36,41,43-44,46,52,54,60,62,66-68,70-73,75-76,78-80H,3-5,7,9-11,13,15-17,19,21-23,25,27-29,31-35,37-40,42,45,47-51,53,55-59,61,63-65H2,1-2H3,(H,74,77)/b8-6-,14-12-,20-18-,26-24-,36-30-,43-41-,46-44+,54-52+,62-60+. The van der Waals surface area contributed by atoms with E-state index < -0.39 is 49.5 Å². The van der Waals surface area contributed by atoms with Crippen molar-refractivity contribution in [2.24, 2.45) is 0 Å². The van der Waals surface area contributed by atoms with Crippen LogP contribution < -0.4 is 5.32 Å². The molecule has 0 spiro atoms. The summed E-state index contributed by atoms with van der Waals surface area (Å²) >= 11 is 0. The van der Waals surface area contributed by atoms with Crippen molar-refractivity contribution in [2.45, 2.75) is 333 Å². The Morgan fingerprint density at radius 3 is 1.17 bits per heavy atom. The van der Waals surface area contributed by atoms with Gasteiger partial charge in [-0.15, -0.1) is 0 Å². The largest absolute Gasteiger partial charge is 0.394 e. The van der Waals surface area contributed by atoms with Gasteiger partial charge in [0, 0.05) is 6.42 Å². The van der Waals surface area contributed by atoms with Gasteiger partial charge in [0.2, 0.25) is 5.91 Å². The molecule has 1 fully saturated rings. The molecule has 0 bridgehead atoms. The molecule has 7 atom stereocenters. The molecule has 9 nitrogen and oxygen atoms in total.